The van der Waals surface area contributed by atoms with Crippen molar-refractivity contribution in [3.05, 3.63) is 179 Å². The van der Waals surface area contributed by atoms with Gasteiger partial charge in [0.25, 0.3) is 0 Å². The van der Waals surface area contributed by atoms with Crippen LogP contribution in [0, 0.1) is 0 Å². The molecule has 0 N–H and O–H groups in total. The highest BCUT2D eigenvalue weighted by Crippen LogP contribution is 2.43. The molecule has 8 rings (SSSR count). The van der Waals surface area contributed by atoms with Crippen molar-refractivity contribution in [2.75, 3.05) is 0 Å². The van der Waals surface area contributed by atoms with E-state index in [2.05, 4.69) is 148 Å². The molecular weight excluding hydrogens is 621 g/mol. The molecule has 5 aromatic carbocycles. The predicted octanol–water partition coefficient (Wildman–Crippen LogP) is 12.9. The fourth-order valence-corrected chi connectivity index (χ4v) is 7.60. The molecule has 1 atom stereocenters. The van der Waals surface area contributed by atoms with Crippen LogP contribution in [0.3, 0.4) is 0 Å². The number of hydrogen-bond acceptors (Lipinski definition) is 2. The average molecular weight is 663 g/mol. The van der Waals surface area contributed by atoms with Gasteiger partial charge in [-0.15, -0.1) is 0 Å². The molecule has 1 unspecified atom stereocenters. The second-order valence-electron chi connectivity index (χ2n) is 13.6. The summed E-state index contributed by atoms with van der Waals surface area (Å²) in [7, 11) is 0. The van der Waals surface area contributed by atoms with E-state index in [4.69, 9.17) is 14.4 Å². The fourth-order valence-electron chi connectivity index (χ4n) is 7.60. The number of benzene rings is 5. The molecule has 51 heavy (non-hydrogen) atoms. The van der Waals surface area contributed by atoms with Crippen LogP contribution in [0.4, 0.5) is 0 Å². The summed E-state index contributed by atoms with van der Waals surface area (Å²) in [5.41, 5.74) is 16.3. The predicted molar refractivity (Wildman–Crippen MR) is 217 cm³/mol. The number of hydrogen-bond donors (Lipinski definition) is 0. The smallest absolute Gasteiger partial charge is 0.155 e. The van der Waals surface area contributed by atoms with E-state index in [1.165, 1.54) is 27.8 Å². The second kappa shape index (κ2) is 13.8. The third kappa shape index (κ3) is 6.25. The molecule has 2 aliphatic carbocycles. The number of aliphatic imine (C=N–C) groups is 2. The number of allylic oxidation sites excluding steroid dienone is 8. The first-order valence-corrected chi connectivity index (χ1v) is 18.1. The molecule has 0 aliphatic heterocycles. The van der Waals surface area contributed by atoms with Crippen LogP contribution < -0.4 is 0 Å². The molecule has 0 radical (unpaired) electrons. The molecule has 3 heteroatoms. The molecule has 1 aromatic heterocycles. The van der Waals surface area contributed by atoms with Gasteiger partial charge in [0.05, 0.1) is 6.04 Å². The molecule has 0 saturated carbocycles. The Balaban J connectivity index is 1.25. The molecule has 0 fully saturated rings. The van der Waals surface area contributed by atoms with Gasteiger partial charge in [-0.25, -0.2) is 4.99 Å². The lowest BCUT2D eigenvalue weighted by Gasteiger charge is -2.13. The molecule has 6 aromatic rings. The Morgan fingerprint density at radius 3 is 2.37 bits per heavy atom. The standard InChI is InChI=1S/C48H42N2O/c1-5-14-33(6-2)35-21-23-36(24-22-35)48(49-31(3)34-15-8-7-9-16-34)50-32(4)39-29-44(47-43-19-12-13-20-45(43)51-46(47)30-39)38-25-26-42-40(28-38)27-37-17-10-11-18-41(37)42/h5-9,11-16,18-26,28-31H,10,17,27H2,1-4H3/b14-5-,33-6+,49-48?,50-32?. The zero-order valence-corrected chi connectivity index (χ0v) is 29.8. The van der Waals surface area contributed by atoms with Gasteiger partial charge in [0.15, 0.2) is 5.84 Å². The third-order valence-corrected chi connectivity index (χ3v) is 10.3. The van der Waals surface area contributed by atoms with E-state index in [0.717, 1.165) is 74.7 Å². The lowest BCUT2D eigenvalue weighted by molar-refractivity contribution is 0.669. The first-order chi connectivity index (χ1) is 25.0. The van der Waals surface area contributed by atoms with Crippen LogP contribution in [0.25, 0.3) is 44.2 Å². The largest absolute Gasteiger partial charge is 0.456 e. The molecule has 3 nitrogen and oxygen atoms in total. The number of para-hydroxylation sites is 1. The highest BCUT2D eigenvalue weighted by atomic mass is 16.3. The minimum atomic E-state index is -0.0688. The summed E-state index contributed by atoms with van der Waals surface area (Å²) in [5, 5.41) is 2.27. The van der Waals surface area contributed by atoms with Gasteiger partial charge in [-0.1, -0.05) is 127 Å². The summed E-state index contributed by atoms with van der Waals surface area (Å²) in [6.07, 6.45) is 14.3. The average Bonchev–Trinajstić information content (AvgIpc) is 3.74. The molecular formula is C48H42N2O. The van der Waals surface area contributed by atoms with Crippen LogP contribution >= 0.6 is 0 Å². The Bertz CT molecular complexity index is 2460. The zero-order valence-electron chi connectivity index (χ0n) is 29.8. The zero-order chi connectivity index (χ0) is 34.9. The van der Waals surface area contributed by atoms with Gasteiger partial charge in [0.1, 0.15) is 11.2 Å². The highest BCUT2D eigenvalue weighted by Gasteiger charge is 2.23. The van der Waals surface area contributed by atoms with Crippen molar-refractivity contribution in [1.29, 1.82) is 0 Å². The number of nitrogens with zero attached hydrogens (tertiary/aromatic N) is 2. The van der Waals surface area contributed by atoms with Crippen molar-refractivity contribution in [3.63, 3.8) is 0 Å². The first kappa shape index (κ1) is 32.4. The lowest BCUT2D eigenvalue weighted by atomic mass is 9.93. The monoisotopic (exact) mass is 662 g/mol. The maximum absolute atomic E-state index is 6.54. The van der Waals surface area contributed by atoms with Crippen molar-refractivity contribution < 1.29 is 4.42 Å². The van der Waals surface area contributed by atoms with Gasteiger partial charge >= 0.3 is 0 Å². The maximum Gasteiger partial charge on any atom is 0.155 e. The number of fused-ring (bicyclic) bond motifs is 5. The van der Waals surface area contributed by atoms with Gasteiger partial charge < -0.3 is 4.42 Å². The maximum atomic E-state index is 6.54. The van der Waals surface area contributed by atoms with E-state index in [0.29, 0.717) is 5.84 Å². The van der Waals surface area contributed by atoms with Gasteiger partial charge in [0, 0.05) is 27.6 Å². The molecule has 1 heterocycles. The molecule has 0 saturated heterocycles. The van der Waals surface area contributed by atoms with E-state index in [1.807, 2.05) is 19.1 Å². The summed E-state index contributed by atoms with van der Waals surface area (Å²) >= 11 is 0. The van der Waals surface area contributed by atoms with E-state index in [1.54, 1.807) is 5.57 Å². The highest BCUT2D eigenvalue weighted by molar-refractivity contribution is 6.17. The topological polar surface area (TPSA) is 37.9 Å². The third-order valence-electron chi connectivity index (χ3n) is 10.3. The fraction of sp³-hybridized carbons (Fsp3) is 0.167. The van der Waals surface area contributed by atoms with E-state index in [-0.39, 0.29) is 6.04 Å². The van der Waals surface area contributed by atoms with Crippen LogP contribution in [-0.4, -0.2) is 11.5 Å². The molecule has 0 bridgehead atoms. The summed E-state index contributed by atoms with van der Waals surface area (Å²) in [6, 6.07) is 38.7. The lowest BCUT2D eigenvalue weighted by Crippen LogP contribution is -2.06. The molecule has 0 amide bonds. The Kier molecular flexibility index (Phi) is 8.79. The van der Waals surface area contributed by atoms with E-state index in [9.17, 15) is 0 Å². The minimum Gasteiger partial charge on any atom is -0.456 e. The van der Waals surface area contributed by atoms with Crippen molar-refractivity contribution in [3.8, 4) is 11.1 Å². The minimum absolute atomic E-state index is 0.0688. The normalized spacial score (nSPS) is 15.6. The molecule has 2 aliphatic rings. The number of amidine groups is 1. The van der Waals surface area contributed by atoms with Crippen molar-refractivity contribution in [1.82, 2.24) is 0 Å². The van der Waals surface area contributed by atoms with E-state index < -0.39 is 0 Å². The van der Waals surface area contributed by atoms with Gasteiger partial charge in [-0.3, -0.25) is 4.99 Å². The van der Waals surface area contributed by atoms with Gasteiger partial charge in [-0.05, 0) is 110 Å². The van der Waals surface area contributed by atoms with Crippen molar-refractivity contribution >= 4 is 44.6 Å². The summed E-state index contributed by atoms with van der Waals surface area (Å²) in [5.74, 6) is 0.706. The van der Waals surface area contributed by atoms with Crippen LogP contribution in [-0.2, 0) is 6.42 Å². The van der Waals surface area contributed by atoms with Gasteiger partial charge in [0.2, 0.25) is 0 Å². The van der Waals surface area contributed by atoms with E-state index >= 15 is 0 Å². The van der Waals surface area contributed by atoms with Crippen molar-refractivity contribution in [2.24, 2.45) is 9.98 Å². The van der Waals surface area contributed by atoms with Crippen molar-refractivity contribution in [2.45, 2.75) is 53.0 Å². The van der Waals surface area contributed by atoms with Crippen LogP contribution in [0.5, 0.6) is 0 Å². The van der Waals surface area contributed by atoms with Crippen LogP contribution in [0.1, 0.15) is 80.0 Å². The quantitative estimate of drug-likeness (QED) is 0.0952. The van der Waals surface area contributed by atoms with Crippen LogP contribution in [0.2, 0.25) is 0 Å². The summed E-state index contributed by atoms with van der Waals surface area (Å²) < 4.78 is 6.54. The molecule has 250 valence electrons. The SMILES string of the molecule is C/C=C\C(=C/C)c1ccc(C(N=C(C)c2cc(-c3ccc4c(c3)CC3=C4C=CCC3)c3c(c2)oc2ccccc23)=NC(C)c2ccccc2)cc1. The number of rotatable bonds is 7. The summed E-state index contributed by atoms with van der Waals surface area (Å²) in [4.78, 5) is 10.5. The second-order valence-corrected chi connectivity index (χ2v) is 13.6. The molecule has 0 spiro atoms. The number of furan rings is 1. The summed E-state index contributed by atoms with van der Waals surface area (Å²) in [6.45, 7) is 8.34. The Morgan fingerprint density at radius 1 is 0.784 bits per heavy atom. The Morgan fingerprint density at radius 2 is 1.57 bits per heavy atom. The Hall–Kier alpha value is -5.80. The van der Waals surface area contributed by atoms with Crippen LogP contribution in [0.15, 0.2) is 160 Å². The Labute approximate surface area is 300 Å². The van der Waals surface area contributed by atoms with Gasteiger partial charge in [-0.2, -0.15) is 0 Å². The first-order valence-electron chi connectivity index (χ1n) is 18.1.